The number of piperidine rings is 1. The summed E-state index contributed by atoms with van der Waals surface area (Å²) < 4.78 is 10.5. The summed E-state index contributed by atoms with van der Waals surface area (Å²) in [5.41, 5.74) is -0.421. The van der Waals surface area contributed by atoms with Crippen LogP contribution >= 0.6 is 0 Å². The quantitative estimate of drug-likeness (QED) is 0.658. The Hall–Kier alpha value is -2.90. The molecule has 0 aliphatic carbocycles. The Bertz CT molecular complexity index is 986. The fourth-order valence-corrected chi connectivity index (χ4v) is 4.62. The molecule has 2 heterocycles. The van der Waals surface area contributed by atoms with Gasteiger partial charge in [-0.2, -0.15) is 0 Å². The van der Waals surface area contributed by atoms with Crippen molar-refractivity contribution in [2.45, 2.75) is 31.3 Å². The second kappa shape index (κ2) is 8.69. The Kier molecular flexibility index (Phi) is 5.98. The number of rotatable bonds is 7. The van der Waals surface area contributed by atoms with E-state index in [-0.39, 0.29) is 12.2 Å². The lowest BCUT2D eigenvalue weighted by Gasteiger charge is -2.29. The first kappa shape index (κ1) is 21.3. The smallest absolute Gasteiger partial charge is 0.268 e. The Labute approximate surface area is 182 Å². The van der Waals surface area contributed by atoms with E-state index in [2.05, 4.69) is 0 Å². The molecular formula is C24H29N2O5+. The minimum Gasteiger partial charge on any atom is -0.497 e. The zero-order valence-corrected chi connectivity index (χ0v) is 18.0. The van der Waals surface area contributed by atoms with Crippen molar-refractivity contribution in [2.75, 3.05) is 38.9 Å². The maximum absolute atomic E-state index is 13.4. The van der Waals surface area contributed by atoms with E-state index < -0.39 is 11.5 Å². The summed E-state index contributed by atoms with van der Waals surface area (Å²) in [5.74, 6) is 0.108. The molecular weight excluding hydrogens is 396 g/mol. The van der Waals surface area contributed by atoms with E-state index in [0.717, 1.165) is 25.9 Å². The van der Waals surface area contributed by atoms with E-state index in [4.69, 9.17) is 9.47 Å². The SMILES string of the molecule is COc1ccc(C(=O)C[C@@]2(O)C(=O)N(C[NH+]3CCCCC3)c3ccccc32)c(OC)c1. The van der Waals surface area contributed by atoms with Crippen molar-refractivity contribution in [3.8, 4) is 11.5 Å². The second-order valence-electron chi connectivity index (χ2n) is 8.25. The summed E-state index contributed by atoms with van der Waals surface area (Å²) in [7, 11) is 3.01. The lowest BCUT2D eigenvalue weighted by Crippen LogP contribution is -3.14. The van der Waals surface area contributed by atoms with Crippen LogP contribution in [0.3, 0.4) is 0 Å². The van der Waals surface area contributed by atoms with E-state index in [1.165, 1.54) is 25.5 Å². The standard InChI is InChI=1S/C24H28N2O5/c1-30-17-10-11-18(22(14-17)31-2)21(27)15-24(29)19-8-4-5-9-20(19)26(23(24)28)16-25-12-6-3-7-13-25/h4-5,8-11,14,29H,3,6-7,12-13,15-16H2,1-2H3/p+1/t24-/m0/s1. The van der Waals surface area contributed by atoms with Crippen molar-refractivity contribution in [3.63, 3.8) is 0 Å². The molecule has 1 fully saturated rings. The van der Waals surface area contributed by atoms with E-state index >= 15 is 0 Å². The van der Waals surface area contributed by atoms with Crippen LogP contribution in [0.25, 0.3) is 0 Å². The normalized spacial score (nSPS) is 21.1. The summed E-state index contributed by atoms with van der Waals surface area (Å²) in [6.45, 7) is 2.51. The van der Waals surface area contributed by atoms with Crippen molar-refractivity contribution < 1.29 is 29.1 Å². The number of amides is 1. The highest BCUT2D eigenvalue weighted by molar-refractivity contribution is 6.11. The highest BCUT2D eigenvalue weighted by Gasteiger charge is 2.52. The van der Waals surface area contributed by atoms with Crippen LogP contribution in [-0.4, -0.2) is 50.8 Å². The molecule has 0 unspecified atom stereocenters. The number of nitrogens with zero attached hydrogens (tertiary/aromatic N) is 1. The van der Waals surface area contributed by atoms with Crippen LogP contribution in [0, 0.1) is 0 Å². The third-order valence-corrected chi connectivity index (χ3v) is 6.31. The molecule has 0 spiro atoms. The predicted molar refractivity (Wildman–Crippen MR) is 116 cm³/mol. The molecule has 2 aromatic carbocycles. The Morgan fingerprint density at radius 3 is 2.55 bits per heavy atom. The fraction of sp³-hybridized carbons (Fsp3) is 0.417. The summed E-state index contributed by atoms with van der Waals surface area (Å²) in [6.07, 6.45) is 3.14. The molecule has 164 valence electrons. The Morgan fingerprint density at radius 2 is 1.84 bits per heavy atom. The van der Waals surface area contributed by atoms with Gasteiger partial charge in [0.1, 0.15) is 11.5 Å². The Morgan fingerprint density at radius 1 is 1.10 bits per heavy atom. The van der Waals surface area contributed by atoms with Gasteiger partial charge in [-0.25, -0.2) is 0 Å². The van der Waals surface area contributed by atoms with Gasteiger partial charge in [-0.05, 0) is 37.5 Å². The molecule has 0 bridgehead atoms. The molecule has 0 saturated carbocycles. The third-order valence-electron chi connectivity index (χ3n) is 6.31. The number of nitrogens with one attached hydrogen (secondary N) is 1. The summed E-state index contributed by atoms with van der Waals surface area (Å²) in [6, 6.07) is 12.1. The largest absolute Gasteiger partial charge is 0.497 e. The van der Waals surface area contributed by atoms with Gasteiger partial charge in [0.25, 0.3) is 5.91 Å². The predicted octanol–water partition coefficient (Wildman–Crippen LogP) is 1.54. The maximum atomic E-state index is 13.4. The second-order valence-corrected chi connectivity index (χ2v) is 8.25. The molecule has 1 atom stereocenters. The van der Waals surface area contributed by atoms with Gasteiger partial charge in [0, 0.05) is 11.6 Å². The van der Waals surface area contributed by atoms with Gasteiger partial charge in [-0.3, -0.25) is 14.5 Å². The number of benzene rings is 2. The van der Waals surface area contributed by atoms with E-state index in [1.807, 2.05) is 12.1 Å². The number of hydrogen-bond donors (Lipinski definition) is 2. The number of hydrogen-bond acceptors (Lipinski definition) is 5. The molecule has 7 nitrogen and oxygen atoms in total. The number of ether oxygens (including phenoxy) is 2. The molecule has 2 N–H and O–H groups in total. The minimum atomic E-state index is -1.89. The number of Topliss-reactive ketones (excluding diaryl/α,β-unsaturated/α-hetero) is 1. The topological polar surface area (TPSA) is 80.5 Å². The van der Waals surface area contributed by atoms with E-state index in [1.54, 1.807) is 35.2 Å². The van der Waals surface area contributed by atoms with E-state index in [0.29, 0.717) is 35.0 Å². The lowest BCUT2D eigenvalue weighted by molar-refractivity contribution is -0.903. The minimum absolute atomic E-state index is 0.308. The highest BCUT2D eigenvalue weighted by atomic mass is 16.5. The number of para-hydroxylation sites is 1. The number of quaternary nitrogens is 1. The van der Waals surface area contributed by atoms with Crippen molar-refractivity contribution in [1.29, 1.82) is 0 Å². The van der Waals surface area contributed by atoms with Gasteiger partial charge in [0.2, 0.25) is 0 Å². The van der Waals surface area contributed by atoms with Crippen LogP contribution < -0.4 is 19.3 Å². The molecule has 7 heteroatoms. The molecule has 4 rings (SSSR count). The van der Waals surface area contributed by atoms with Crippen LogP contribution in [0.2, 0.25) is 0 Å². The van der Waals surface area contributed by atoms with Gasteiger partial charge >= 0.3 is 0 Å². The summed E-state index contributed by atoms with van der Waals surface area (Å²) in [5, 5.41) is 11.5. The zero-order chi connectivity index (χ0) is 22.0. The molecule has 31 heavy (non-hydrogen) atoms. The number of aliphatic hydroxyl groups is 1. The number of ketones is 1. The van der Waals surface area contributed by atoms with E-state index in [9.17, 15) is 14.7 Å². The van der Waals surface area contributed by atoms with Gasteiger partial charge in [-0.1, -0.05) is 18.2 Å². The molecule has 1 amide bonds. The maximum Gasteiger partial charge on any atom is 0.268 e. The molecule has 2 aliphatic rings. The molecule has 0 aromatic heterocycles. The third kappa shape index (κ3) is 3.91. The van der Waals surface area contributed by atoms with Crippen molar-refractivity contribution in [2.24, 2.45) is 0 Å². The first-order valence-electron chi connectivity index (χ1n) is 10.7. The van der Waals surface area contributed by atoms with Crippen molar-refractivity contribution >= 4 is 17.4 Å². The molecule has 2 aromatic rings. The number of carbonyl (C=O) groups excluding carboxylic acids is 2. The molecule has 0 radical (unpaired) electrons. The van der Waals surface area contributed by atoms with Crippen molar-refractivity contribution in [3.05, 3.63) is 53.6 Å². The lowest BCUT2D eigenvalue weighted by atomic mass is 9.88. The average Bonchev–Trinajstić information content (AvgIpc) is 3.01. The van der Waals surface area contributed by atoms with Crippen LogP contribution in [0.5, 0.6) is 11.5 Å². The van der Waals surface area contributed by atoms with Crippen LogP contribution in [-0.2, 0) is 10.4 Å². The van der Waals surface area contributed by atoms with Crippen LogP contribution in [0.1, 0.15) is 41.6 Å². The number of anilines is 1. The average molecular weight is 426 g/mol. The first-order valence-corrected chi connectivity index (χ1v) is 10.7. The molecule has 1 saturated heterocycles. The molecule has 2 aliphatic heterocycles. The number of methoxy groups -OCH3 is 2. The van der Waals surface area contributed by atoms with Gasteiger partial charge in [0.05, 0.1) is 45.0 Å². The van der Waals surface area contributed by atoms with Gasteiger partial charge in [0.15, 0.2) is 18.1 Å². The van der Waals surface area contributed by atoms with Gasteiger partial charge in [-0.15, -0.1) is 0 Å². The van der Waals surface area contributed by atoms with Gasteiger partial charge < -0.3 is 19.5 Å². The monoisotopic (exact) mass is 425 g/mol. The fourth-order valence-electron chi connectivity index (χ4n) is 4.62. The summed E-state index contributed by atoms with van der Waals surface area (Å²) >= 11 is 0. The summed E-state index contributed by atoms with van der Waals surface area (Å²) in [4.78, 5) is 29.6. The zero-order valence-electron chi connectivity index (χ0n) is 18.0. The number of fused-ring (bicyclic) bond motifs is 1. The number of likely N-dealkylation sites (tertiary alicyclic amines) is 1. The Balaban J connectivity index is 1.63. The highest BCUT2D eigenvalue weighted by Crippen LogP contribution is 2.43. The first-order chi connectivity index (χ1) is 15.0. The van der Waals surface area contributed by atoms with Crippen molar-refractivity contribution in [1.82, 2.24) is 0 Å². The number of carbonyl (C=O) groups is 2. The van der Waals surface area contributed by atoms with Crippen LogP contribution in [0.4, 0.5) is 5.69 Å². The van der Waals surface area contributed by atoms with Crippen LogP contribution in [0.15, 0.2) is 42.5 Å².